The average Bonchev–Trinajstić information content (AvgIpc) is 2.42. The maximum atomic E-state index is 13.4. The van der Waals surface area contributed by atoms with Gasteiger partial charge in [0, 0.05) is 24.1 Å². The second kappa shape index (κ2) is 6.20. The Balaban J connectivity index is 2.27. The van der Waals surface area contributed by atoms with Crippen LogP contribution in [-0.4, -0.2) is 22.7 Å². The van der Waals surface area contributed by atoms with Gasteiger partial charge in [0.25, 0.3) is 0 Å². The van der Waals surface area contributed by atoms with E-state index in [2.05, 4.69) is 5.32 Å². The number of carbonyl (C=O) groups is 1. The first-order valence-electron chi connectivity index (χ1n) is 7.90. The number of anilines is 1. The van der Waals surface area contributed by atoms with Crippen LogP contribution in [-0.2, 0) is 10.3 Å². The molecule has 24 heavy (non-hydrogen) atoms. The number of hydrogen-bond donors (Lipinski definition) is 3. The highest BCUT2D eigenvalue weighted by molar-refractivity contribution is 5.86. The van der Waals surface area contributed by atoms with E-state index in [9.17, 15) is 18.7 Å². The van der Waals surface area contributed by atoms with Gasteiger partial charge in [-0.2, -0.15) is 0 Å². The summed E-state index contributed by atoms with van der Waals surface area (Å²) in [5.41, 5.74) is 5.42. The molecule has 0 spiro atoms. The molecule has 4 N–H and O–H groups in total. The maximum absolute atomic E-state index is 13.4. The zero-order valence-corrected chi connectivity index (χ0v) is 14.2. The van der Waals surface area contributed by atoms with Crippen LogP contribution >= 0.6 is 0 Å². The molecule has 1 amide bonds. The molecular weight excluding hydrogens is 318 g/mol. The number of phenolic OH excluding ortho intramolecular Hbond substituents is 1. The van der Waals surface area contributed by atoms with Gasteiger partial charge < -0.3 is 15.6 Å². The first-order valence-corrected chi connectivity index (χ1v) is 7.90. The Morgan fingerprint density at radius 1 is 1.25 bits per heavy atom. The Hall–Kier alpha value is -1.89. The van der Waals surface area contributed by atoms with Gasteiger partial charge in [-0.25, -0.2) is 13.6 Å². The smallest absolute Gasteiger partial charge is 0.412 e. The molecule has 0 aromatic heterocycles. The topological polar surface area (TPSA) is 84.6 Å². The predicted octanol–water partition coefficient (Wildman–Crippen LogP) is 4.10. The van der Waals surface area contributed by atoms with Crippen molar-refractivity contribution in [2.24, 2.45) is 5.73 Å². The zero-order valence-electron chi connectivity index (χ0n) is 14.2. The summed E-state index contributed by atoms with van der Waals surface area (Å²) in [6.45, 7) is 5.20. The summed E-state index contributed by atoms with van der Waals surface area (Å²) in [6, 6.07) is 4.31. The summed E-state index contributed by atoms with van der Waals surface area (Å²) >= 11 is 0. The molecule has 1 aliphatic rings. The number of nitrogens with one attached hydrogen (secondary N) is 1. The number of alkyl halides is 2. The van der Waals surface area contributed by atoms with Gasteiger partial charge in [0.05, 0.1) is 0 Å². The molecule has 1 aliphatic carbocycles. The maximum Gasteiger partial charge on any atom is 0.412 e. The van der Waals surface area contributed by atoms with Gasteiger partial charge in [0.2, 0.25) is 5.92 Å². The summed E-state index contributed by atoms with van der Waals surface area (Å²) in [5, 5.41) is 12.4. The minimum atomic E-state index is -2.72. The van der Waals surface area contributed by atoms with Gasteiger partial charge in [-0.3, -0.25) is 5.32 Å². The molecule has 0 radical (unpaired) electrons. The lowest BCUT2D eigenvalue weighted by atomic mass is 9.75. The molecule has 1 aromatic rings. The van der Waals surface area contributed by atoms with Gasteiger partial charge in [0.1, 0.15) is 11.4 Å². The number of halogens is 2. The van der Waals surface area contributed by atoms with Crippen LogP contribution in [0.2, 0.25) is 0 Å². The van der Waals surface area contributed by atoms with E-state index in [1.54, 1.807) is 20.8 Å². The summed E-state index contributed by atoms with van der Waals surface area (Å²) < 4.78 is 32.1. The number of rotatable bonds is 2. The Morgan fingerprint density at radius 3 is 2.38 bits per heavy atom. The third kappa shape index (κ3) is 4.56. The lowest BCUT2D eigenvalue weighted by Gasteiger charge is -2.38. The number of carbonyl (C=O) groups excluding carboxylic acids is 1. The van der Waals surface area contributed by atoms with Gasteiger partial charge >= 0.3 is 6.09 Å². The highest BCUT2D eigenvalue weighted by atomic mass is 19.3. The molecule has 0 unspecified atom stereocenters. The molecule has 0 bridgehead atoms. The standard InChI is InChI=1S/C17H24F2N2O3/c1-15(2,3)24-14(23)21-13-5-4-11(22)10-12(13)16(20)6-8-17(18,19)9-7-16/h4-5,10,22H,6-9,20H2,1-3H3,(H,21,23). The number of aromatic hydroxyl groups is 1. The molecule has 2 rings (SSSR count). The summed E-state index contributed by atoms with van der Waals surface area (Å²) in [4.78, 5) is 12.0. The van der Waals surface area contributed by atoms with Crippen LogP contribution in [0.1, 0.15) is 52.0 Å². The quantitative estimate of drug-likeness (QED) is 0.706. The van der Waals surface area contributed by atoms with Crippen molar-refractivity contribution >= 4 is 11.8 Å². The minimum Gasteiger partial charge on any atom is -0.508 e. The summed E-state index contributed by atoms with van der Waals surface area (Å²) in [5.74, 6) is -2.76. The van der Waals surface area contributed by atoms with Gasteiger partial charge in [-0.05, 0) is 57.4 Å². The highest BCUT2D eigenvalue weighted by Gasteiger charge is 2.43. The summed E-state index contributed by atoms with van der Waals surface area (Å²) in [6.07, 6.45) is -1.20. The van der Waals surface area contributed by atoms with E-state index in [4.69, 9.17) is 10.5 Å². The van der Waals surface area contributed by atoms with E-state index in [1.165, 1.54) is 18.2 Å². The molecule has 5 nitrogen and oxygen atoms in total. The van der Waals surface area contributed by atoms with Crippen LogP contribution in [0.3, 0.4) is 0 Å². The Morgan fingerprint density at radius 2 is 1.83 bits per heavy atom. The number of nitrogens with two attached hydrogens (primary N) is 1. The fourth-order valence-electron chi connectivity index (χ4n) is 2.80. The van der Waals surface area contributed by atoms with Crippen molar-refractivity contribution in [3.63, 3.8) is 0 Å². The van der Waals surface area contributed by atoms with Crippen LogP contribution in [0.25, 0.3) is 0 Å². The average molecular weight is 342 g/mol. The summed E-state index contributed by atoms with van der Waals surface area (Å²) in [7, 11) is 0. The van der Waals surface area contributed by atoms with Crippen molar-refractivity contribution in [1.82, 2.24) is 0 Å². The third-order valence-electron chi connectivity index (χ3n) is 4.05. The Kier molecular flexibility index (Phi) is 4.77. The molecule has 0 atom stereocenters. The van der Waals surface area contributed by atoms with Crippen molar-refractivity contribution < 1.29 is 23.4 Å². The first-order chi connectivity index (χ1) is 10.9. The van der Waals surface area contributed by atoms with Gasteiger partial charge in [-0.15, -0.1) is 0 Å². The van der Waals surface area contributed by atoms with Gasteiger partial charge in [0.15, 0.2) is 0 Å². The van der Waals surface area contributed by atoms with E-state index >= 15 is 0 Å². The van der Waals surface area contributed by atoms with Crippen LogP contribution < -0.4 is 11.1 Å². The number of ether oxygens (including phenoxy) is 1. The lowest BCUT2D eigenvalue weighted by Crippen LogP contribution is -2.44. The molecule has 134 valence electrons. The van der Waals surface area contributed by atoms with Crippen LogP contribution in [0, 0.1) is 0 Å². The highest BCUT2D eigenvalue weighted by Crippen LogP contribution is 2.45. The van der Waals surface area contributed by atoms with E-state index in [0.717, 1.165) is 0 Å². The number of benzene rings is 1. The van der Waals surface area contributed by atoms with Crippen molar-refractivity contribution in [3.8, 4) is 5.75 Å². The molecule has 0 heterocycles. The monoisotopic (exact) mass is 342 g/mol. The fourth-order valence-corrected chi connectivity index (χ4v) is 2.80. The van der Waals surface area contributed by atoms with E-state index in [-0.39, 0.29) is 31.4 Å². The molecule has 0 saturated heterocycles. The number of phenols is 1. The Bertz CT molecular complexity index is 617. The lowest BCUT2D eigenvalue weighted by molar-refractivity contribution is -0.0513. The molecule has 1 fully saturated rings. The molecule has 7 heteroatoms. The SMILES string of the molecule is CC(C)(C)OC(=O)Nc1ccc(O)cc1C1(N)CCC(F)(F)CC1. The normalized spacial score (nSPS) is 19.6. The first kappa shape index (κ1) is 18.4. The van der Waals surface area contributed by atoms with Crippen molar-refractivity contribution in [1.29, 1.82) is 0 Å². The molecule has 0 aliphatic heterocycles. The van der Waals surface area contributed by atoms with E-state index in [1.807, 2.05) is 0 Å². The molecule has 1 aromatic carbocycles. The zero-order chi connectivity index (χ0) is 18.2. The van der Waals surface area contributed by atoms with E-state index in [0.29, 0.717) is 11.3 Å². The number of amides is 1. The van der Waals surface area contributed by atoms with E-state index < -0.39 is 23.2 Å². The van der Waals surface area contributed by atoms with Crippen LogP contribution in [0.5, 0.6) is 5.75 Å². The van der Waals surface area contributed by atoms with Crippen LogP contribution in [0.4, 0.5) is 19.3 Å². The third-order valence-corrected chi connectivity index (χ3v) is 4.05. The van der Waals surface area contributed by atoms with Crippen molar-refractivity contribution in [2.75, 3.05) is 5.32 Å². The molecular formula is C17H24F2N2O3. The Labute approximate surface area is 140 Å². The number of hydrogen-bond acceptors (Lipinski definition) is 4. The van der Waals surface area contributed by atoms with Crippen molar-refractivity contribution in [3.05, 3.63) is 23.8 Å². The second-order valence-corrected chi connectivity index (χ2v) is 7.37. The van der Waals surface area contributed by atoms with Crippen molar-refractivity contribution in [2.45, 2.75) is 63.5 Å². The predicted molar refractivity (Wildman–Crippen MR) is 87.2 cm³/mol. The van der Waals surface area contributed by atoms with Gasteiger partial charge in [-0.1, -0.05) is 0 Å². The largest absolute Gasteiger partial charge is 0.508 e. The second-order valence-electron chi connectivity index (χ2n) is 7.37. The fraction of sp³-hybridized carbons (Fsp3) is 0.588. The molecule has 1 saturated carbocycles. The minimum absolute atomic E-state index is 0.0399. The van der Waals surface area contributed by atoms with Crippen LogP contribution in [0.15, 0.2) is 18.2 Å².